The van der Waals surface area contributed by atoms with Crippen LogP contribution in [0.1, 0.15) is 13.3 Å². The highest BCUT2D eigenvalue weighted by molar-refractivity contribution is 4.63. The molecule has 0 bridgehead atoms. The second-order valence-electron chi connectivity index (χ2n) is 1.93. The quantitative estimate of drug-likeness (QED) is 0.507. The van der Waals surface area contributed by atoms with Gasteiger partial charge in [0.1, 0.15) is 0 Å². The second kappa shape index (κ2) is 2.46. The third-order valence-electron chi connectivity index (χ3n) is 1.27. The molecule has 0 aromatic heterocycles. The molecule has 0 N–H and O–H groups in total. The maximum atomic E-state index is 5.18. The minimum atomic E-state index is -0.222. The van der Waals surface area contributed by atoms with Crippen molar-refractivity contribution in [1.29, 1.82) is 0 Å². The van der Waals surface area contributed by atoms with Crippen LogP contribution >= 0.6 is 0 Å². The molecule has 1 radical (unpaired) electrons. The molecular formula is C6H11O2. The van der Waals surface area contributed by atoms with E-state index in [1.165, 1.54) is 0 Å². The van der Waals surface area contributed by atoms with E-state index in [0.29, 0.717) is 6.61 Å². The van der Waals surface area contributed by atoms with Gasteiger partial charge in [0.25, 0.3) is 0 Å². The minimum Gasteiger partial charge on any atom is -0.350 e. The molecule has 0 aromatic rings. The van der Waals surface area contributed by atoms with Crippen molar-refractivity contribution in [2.24, 2.45) is 0 Å². The van der Waals surface area contributed by atoms with E-state index in [9.17, 15) is 0 Å². The Morgan fingerprint density at radius 1 is 1.75 bits per heavy atom. The predicted molar refractivity (Wildman–Crippen MR) is 30.3 cm³/mol. The fourth-order valence-corrected chi connectivity index (χ4v) is 0.722. The zero-order valence-electron chi connectivity index (χ0n) is 5.09. The molecule has 1 aliphatic rings. The molecule has 2 unspecified atom stereocenters. The first kappa shape index (κ1) is 6.05. The summed E-state index contributed by atoms with van der Waals surface area (Å²) in [6.07, 6.45) is 1.09. The van der Waals surface area contributed by atoms with Gasteiger partial charge in [-0.2, -0.15) is 0 Å². The molecule has 0 aliphatic carbocycles. The summed E-state index contributed by atoms with van der Waals surface area (Å²) in [5, 5.41) is 0. The van der Waals surface area contributed by atoms with Crippen molar-refractivity contribution in [2.75, 3.05) is 6.61 Å². The zero-order valence-corrected chi connectivity index (χ0v) is 5.09. The van der Waals surface area contributed by atoms with Crippen LogP contribution in [0.4, 0.5) is 0 Å². The van der Waals surface area contributed by atoms with Gasteiger partial charge in [-0.05, 0) is 6.42 Å². The first-order valence-electron chi connectivity index (χ1n) is 2.93. The molecule has 1 fully saturated rings. The van der Waals surface area contributed by atoms with Crippen LogP contribution in [0.5, 0.6) is 0 Å². The summed E-state index contributed by atoms with van der Waals surface area (Å²) in [4.78, 5) is 0. The maximum Gasteiger partial charge on any atom is 0.158 e. The van der Waals surface area contributed by atoms with Gasteiger partial charge in [-0.25, -0.2) is 0 Å². The number of ether oxygens (including phenoxy) is 2. The van der Waals surface area contributed by atoms with E-state index in [-0.39, 0.29) is 12.4 Å². The molecule has 47 valence electrons. The van der Waals surface area contributed by atoms with Crippen LogP contribution < -0.4 is 0 Å². The first-order valence-corrected chi connectivity index (χ1v) is 2.93. The lowest BCUT2D eigenvalue weighted by Crippen LogP contribution is -2.07. The molecule has 1 aliphatic heterocycles. The van der Waals surface area contributed by atoms with Crippen molar-refractivity contribution < 1.29 is 9.47 Å². The van der Waals surface area contributed by atoms with Crippen molar-refractivity contribution in [3.05, 3.63) is 6.92 Å². The van der Waals surface area contributed by atoms with E-state index in [1.807, 2.05) is 0 Å². The van der Waals surface area contributed by atoms with Crippen molar-refractivity contribution in [3.63, 3.8) is 0 Å². The Morgan fingerprint density at radius 3 is 2.75 bits per heavy atom. The molecule has 0 aromatic carbocycles. The van der Waals surface area contributed by atoms with Crippen LogP contribution in [0.3, 0.4) is 0 Å². The summed E-state index contributed by atoms with van der Waals surface area (Å²) in [5.74, 6) is 0. The van der Waals surface area contributed by atoms with E-state index < -0.39 is 0 Å². The summed E-state index contributed by atoms with van der Waals surface area (Å²) in [7, 11) is 0. The maximum absolute atomic E-state index is 5.18. The molecule has 2 atom stereocenters. The van der Waals surface area contributed by atoms with Crippen molar-refractivity contribution in [2.45, 2.75) is 25.7 Å². The number of rotatable bonds is 1. The molecule has 8 heavy (non-hydrogen) atoms. The average molecular weight is 115 g/mol. The highest BCUT2D eigenvalue weighted by Crippen LogP contribution is 2.11. The van der Waals surface area contributed by atoms with E-state index in [4.69, 9.17) is 9.47 Å². The molecule has 1 rings (SSSR count). The van der Waals surface area contributed by atoms with Gasteiger partial charge in [-0.1, -0.05) is 6.92 Å². The highest BCUT2D eigenvalue weighted by Gasteiger charge is 2.19. The van der Waals surface area contributed by atoms with Crippen LogP contribution in [-0.2, 0) is 9.47 Å². The molecule has 0 spiro atoms. The van der Waals surface area contributed by atoms with Gasteiger partial charge in [0.15, 0.2) is 6.29 Å². The van der Waals surface area contributed by atoms with Crippen LogP contribution in [0.25, 0.3) is 0 Å². The third kappa shape index (κ3) is 1.20. The van der Waals surface area contributed by atoms with Crippen molar-refractivity contribution in [1.82, 2.24) is 0 Å². The Hall–Kier alpha value is -0.0800. The summed E-state index contributed by atoms with van der Waals surface area (Å²) < 4.78 is 10.2. The minimum absolute atomic E-state index is 0.222. The van der Waals surface area contributed by atoms with E-state index in [2.05, 4.69) is 13.8 Å². The Kier molecular flexibility index (Phi) is 1.86. The molecule has 2 nitrogen and oxygen atoms in total. The van der Waals surface area contributed by atoms with Gasteiger partial charge in [0.2, 0.25) is 0 Å². The van der Waals surface area contributed by atoms with Gasteiger partial charge in [0.05, 0.1) is 12.7 Å². The largest absolute Gasteiger partial charge is 0.350 e. The third-order valence-corrected chi connectivity index (χ3v) is 1.27. The van der Waals surface area contributed by atoms with Gasteiger partial charge in [-0.3, -0.25) is 0 Å². The average Bonchev–Trinajstić information content (AvgIpc) is 2.14. The normalized spacial score (nSPS) is 38.2. The molecule has 1 heterocycles. The van der Waals surface area contributed by atoms with Gasteiger partial charge >= 0.3 is 0 Å². The van der Waals surface area contributed by atoms with Gasteiger partial charge < -0.3 is 9.47 Å². The van der Waals surface area contributed by atoms with Gasteiger partial charge in [-0.15, -0.1) is 0 Å². The van der Waals surface area contributed by atoms with Gasteiger partial charge in [0, 0.05) is 6.92 Å². The summed E-state index contributed by atoms with van der Waals surface area (Å²) in [6, 6.07) is 0. The molecule has 0 saturated carbocycles. The Labute approximate surface area is 49.8 Å². The zero-order chi connectivity index (χ0) is 5.98. The van der Waals surface area contributed by atoms with Crippen LogP contribution in [0.15, 0.2) is 0 Å². The Balaban J connectivity index is 2.22. The molecule has 1 saturated heterocycles. The van der Waals surface area contributed by atoms with E-state index >= 15 is 0 Å². The number of hydrogen-bond acceptors (Lipinski definition) is 2. The SMILES string of the molecule is [CH2]C1OCC(CC)O1. The smallest absolute Gasteiger partial charge is 0.158 e. The van der Waals surface area contributed by atoms with Crippen LogP contribution in [-0.4, -0.2) is 19.0 Å². The lowest BCUT2D eigenvalue weighted by Gasteiger charge is -2.02. The predicted octanol–water partition coefficient (Wildman–Crippen LogP) is 0.972. The Morgan fingerprint density at radius 2 is 2.50 bits per heavy atom. The molecular weight excluding hydrogens is 104 g/mol. The van der Waals surface area contributed by atoms with E-state index in [0.717, 1.165) is 6.42 Å². The first-order chi connectivity index (χ1) is 3.83. The lowest BCUT2D eigenvalue weighted by molar-refractivity contribution is -0.0222. The lowest BCUT2D eigenvalue weighted by atomic mass is 10.3. The van der Waals surface area contributed by atoms with Crippen LogP contribution in [0, 0.1) is 6.92 Å². The summed E-state index contributed by atoms with van der Waals surface area (Å²) in [5.41, 5.74) is 0. The number of hydrogen-bond donors (Lipinski definition) is 0. The Bertz CT molecular complexity index is 72.9. The van der Waals surface area contributed by atoms with Crippen molar-refractivity contribution >= 4 is 0 Å². The second-order valence-corrected chi connectivity index (χ2v) is 1.93. The highest BCUT2D eigenvalue weighted by atomic mass is 16.7. The summed E-state index contributed by atoms with van der Waals surface area (Å²) in [6.45, 7) is 6.38. The fourth-order valence-electron chi connectivity index (χ4n) is 0.722. The summed E-state index contributed by atoms with van der Waals surface area (Å²) >= 11 is 0. The fraction of sp³-hybridized carbons (Fsp3) is 0.833. The van der Waals surface area contributed by atoms with Crippen LogP contribution in [0.2, 0.25) is 0 Å². The monoisotopic (exact) mass is 115 g/mol. The molecule has 2 heteroatoms. The van der Waals surface area contributed by atoms with E-state index in [1.54, 1.807) is 0 Å². The van der Waals surface area contributed by atoms with Crippen molar-refractivity contribution in [3.8, 4) is 0 Å². The standard InChI is InChI=1S/C6H11O2/c1-3-6-4-7-5(2)8-6/h5-6H,2-4H2,1H3. The molecule has 0 amide bonds. The topological polar surface area (TPSA) is 18.5 Å².